The van der Waals surface area contributed by atoms with Gasteiger partial charge in [0.05, 0.1) is 12.1 Å². The van der Waals surface area contributed by atoms with Crippen molar-refractivity contribution >= 4 is 27.7 Å². The molecule has 1 heterocycles. The number of hydrogen-bond donors (Lipinski definition) is 2. The van der Waals surface area contributed by atoms with E-state index in [1.54, 1.807) is 11.8 Å². The molecule has 1 aromatic carbocycles. The van der Waals surface area contributed by atoms with Crippen LogP contribution in [0.5, 0.6) is 0 Å². The molecular weight excluding hydrogens is 372 g/mol. The van der Waals surface area contributed by atoms with E-state index < -0.39 is 5.60 Å². The lowest BCUT2D eigenvalue weighted by atomic mass is 9.77. The maximum absolute atomic E-state index is 12.7. The number of nitrogens with one attached hydrogen (secondary N) is 1. The molecule has 2 aliphatic carbocycles. The maximum atomic E-state index is 12.7. The fourth-order valence-corrected chi connectivity index (χ4v) is 4.45. The summed E-state index contributed by atoms with van der Waals surface area (Å²) in [7, 11) is 0. The number of hydrogen-bond acceptors (Lipinski definition) is 3. The molecule has 5 nitrogen and oxygen atoms in total. The molecule has 128 valence electrons. The summed E-state index contributed by atoms with van der Waals surface area (Å²) in [4.78, 5) is 26.7. The van der Waals surface area contributed by atoms with Gasteiger partial charge in [-0.05, 0) is 56.4 Å². The van der Waals surface area contributed by atoms with Gasteiger partial charge in [0.2, 0.25) is 5.91 Å². The molecule has 0 unspecified atom stereocenters. The van der Waals surface area contributed by atoms with Crippen molar-refractivity contribution in [1.82, 2.24) is 10.2 Å². The minimum absolute atomic E-state index is 0.0190. The van der Waals surface area contributed by atoms with Gasteiger partial charge in [-0.15, -0.1) is 0 Å². The van der Waals surface area contributed by atoms with Gasteiger partial charge in [-0.3, -0.25) is 9.59 Å². The monoisotopic (exact) mass is 392 g/mol. The van der Waals surface area contributed by atoms with Crippen molar-refractivity contribution in [2.45, 2.75) is 49.7 Å². The molecule has 0 atom stereocenters. The first-order chi connectivity index (χ1) is 11.3. The molecule has 24 heavy (non-hydrogen) atoms. The van der Waals surface area contributed by atoms with Crippen molar-refractivity contribution in [3.8, 4) is 0 Å². The first kappa shape index (κ1) is 16.1. The van der Waals surface area contributed by atoms with Gasteiger partial charge in [0.15, 0.2) is 0 Å². The zero-order valence-electron chi connectivity index (χ0n) is 13.6. The highest BCUT2D eigenvalue weighted by molar-refractivity contribution is 9.10. The summed E-state index contributed by atoms with van der Waals surface area (Å²) in [5.74, 6) is -0.203. The Hall–Kier alpha value is -1.40. The second-order valence-electron chi connectivity index (χ2n) is 7.80. The lowest BCUT2D eigenvalue weighted by molar-refractivity contribution is -0.125. The van der Waals surface area contributed by atoms with Crippen molar-refractivity contribution in [3.63, 3.8) is 0 Å². The Kier molecular flexibility index (Phi) is 3.55. The fourth-order valence-electron chi connectivity index (χ4n) is 4.09. The number of aliphatic hydroxyl groups is 1. The Morgan fingerprint density at radius 1 is 1.42 bits per heavy atom. The minimum Gasteiger partial charge on any atom is -0.390 e. The van der Waals surface area contributed by atoms with E-state index in [9.17, 15) is 14.7 Å². The number of carbonyl (C=O) groups excluding carboxylic acids is 2. The molecule has 2 saturated carbocycles. The first-order valence-electron chi connectivity index (χ1n) is 8.39. The van der Waals surface area contributed by atoms with Crippen molar-refractivity contribution in [1.29, 1.82) is 0 Å². The van der Waals surface area contributed by atoms with Crippen LogP contribution >= 0.6 is 15.9 Å². The highest BCUT2D eigenvalue weighted by atomic mass is 79.9. The number of nitrogens with zero attached hydrogens (tertiary/aromatic N) is 1. The molecule has 3 aliphatic rings. The first-order valence-corrected chi connectivity index (χ1v) is 9.18. The Morgan fingerprint density at radius 3 is 2.75 bits per heavy atom. The Morgan fingerprint density at radius 2 is 2.12 bits per heavy atom. The van der Waals surface area contributed by atoms with Crippen LogP contribution in [-0.4, -0.2) is 46.6 Å². The van der Waals surface area contributed by atoms with E-state index in [0.29, 0.717) is 19.4 Å². The molecule has 0 radical (unpaired) electrons. The average molecular weight is 393 g/mol. The van der Waals surface area contributed by atoms with Gasteiger partial charge >= 0.3 is 0 Å². The molecule has 6 heteroatoms. The van der Waals surface area contributed by atoms with Crippen LogP contribution in [0.1, 0.15) is 48.5 Å². The van der Waals surface area contributed by atoms with Gasteiger partial charge in [-0.25, -0.2) is 0 Å². The van der Waals surface area contributed by atoms with Crippen LogP contribution in [-0.2, 0) is 10.2 Å². The van der Waals surface area contributed by atoms with Gasteiger partial charge in [0.25, 0.3) is 5.91 Å². The predicted octanol–water partition coefficient (Wildman–Crippen LogP) is 1.97. The summed E-state index contributed by atoms with van der Waals surface area (Å²) in [6.45, 7) is 2.48. The number of benzene rings is 1. The van der Waals surface area contributed by atoms with Gasteiger partial charge in [-0.1, -0.05) is 15.9 Å². The van der Waals surface area contributed by atoms with Crippen LogP contribution in [0.4, 0.5) is 0 Å². The third-order valence-electron chi connectivity index (χ3n) is 5.49. The van der Waals surface area contributed by atoms with Crippen LogP contribution < -0.4 is 5.32 Å². The van der Waals surface area contributed by atoms with E-state index in [4.69, 9.17) is 0 Å². The Labute approximate surface area is 149 Å². The molecule has 2 fully saturated rings. The average Bonchev–Trinajstić information content (AvgIpc) is 3.23. The molecule has 4 rings (SSSR count). The Balaban J connectivity index is 1.46. The van der Waals surface area contributed by atoms with Crippen LogP contribution in [0.3, 0.4) is 0 Å². The second kappa shape index (κ2) is 5.30. The van der Waals surface area contributed by atoms with E-state index in [0.717, 1.165) is 28.4 Å². The predicted molar refractivity (Wildman–Crippen MR) is 92.7 cm³/mol. The third kappa shape index (κ3) is 2.75. The number of fused-ring (bicyclic) bond motifs is 2. The van der Waals surface area contributed by atoms with E-state index in [1.807, 2.05) is 18.2 Å². The molecule has 2 N–H and O–H groups in total. The smallest absolute Gasteiger partial charge is 0.254 e. The van der Waals surface area contributed by atoms with Gasteiger partial charge < -0.3 is 15.3 Å². The fraction of sp³-hybridized carbons (Fsp3) is 0.556. The second-order valence-corrected chi connectivity index (χ2v) is 8.72. The van der Waals surface area contributed by atoms with Crippen LogP contribution in [0.2, 0.25) is 0 Å². The molecular formula is C18H21BrN2O3. The van der Waals surface area contributed by atoms with Crippen LogP contribution in [0, 0.1) is 0 Å². The van der Waals surface area contributed by atoms with Crippen molar-refractivity contribution < 1.29 is 14.7 Å². The molecule has 1 aliphatic heterocycles. The Bertz CT molecular complexity index is 719. The summed E-state index contributed by atoms with van der Waals surface area (Å²) in [5.41, 5.74) is 1.21. The standard InChI is InChI=1S/C18H21BrN2O3/c1-17(24)7-12(8-17)20-15(22)9-21-10-18(4-5-18)14-6-11(19)2-3-13(14)16(21)23/h2-3,6,12,24H,4-5,7-10H2,1H3,(H,20,22)/t12-,17-. The summed E-state index contributed by atoms with van der Waals surface area (Å²) < 4.78 is 0.989. The molecule has 1 aromatic rings. The summed E-state index contributed by atoms with van der Waals surface area (Å²) >= 11 is 3.49. The maximum Gasteiger partial charge on any atom is 0.254 e. The van der Waals surface area contributed by atoms with E-state index in [2.05, 4.69) is 21.2 Å². The lowest BCUT2D eigenvalue weighted by Gasteiger charge is -2.41. The quantitative estimate of drug-likeness (QED) is 0.825. The number of amides is 2. The zero-order chi connectivity index (χ0) is 17.1. The van der Waals surface area contributed by atoms with E-state index in [1.165, 1.54) is 0 Å². The summed E-state index contributed by atoms with van der Waals surface area (Å²) in [6, 6.07) is 5.81. The molecule has 2 amide bonds. The topological polar surface area (TPSA) is 69.6 Å². The third-order valence-corrected chi connectivity index (χ3v) is 5.98. The number of carbonyl (C=O) groups is 2. The molecule has 0 saturated heterocycles. The zero-order valence-corrected chi connectivity index (χ0v) is 15.2. The van der Waals surface area contributed by atoms with Crippen LogP contribution in [0.25, 0.3) is 0 Å². The van der Waals surface area contributed by atoms with Gasteiger partial charge in [0, 0.05) is 28.0 Å². The summed E-state index contributed by atoms with van der Waals surface area (Å²) in [6.07, 6.45) is 3.28. The molecule has 1 spiro atoms. The van der Waals surface area contributed by atoms with E-state index >= 15 is 0 Å². The lowest BCUT2D eigenvalue weighted by Crippen LogP contribution is -2.56. The molecule has 0 bridgehead atoms. The highest BCUT2D eigenvalue weighted by Gasteiger charge is 2.51. The minimum atomic E-state index is -0.663. The van der Waals surface area contributed by atoms with Gasteiger partial charge in [0.1, 0.15) is 0 Å². The van der Waals surface area contributed by atoms with Crippen molar-refractivity contribution in [3.05, 3.63) is 33.8 Å². The summed E-state index contributed by atoms with van der Waals surface area (Å²) in [5, 5.41) is 12.7. The highest BCUT2D eigenvalue weighted by Crippen LogP contribution is 2.52. The SMILES string of the molecule is C[C@]1(O)C[C@H](NC(=O)CN2CC3(CC3)c3cc(Br)ccc3C2=O)C1. The normalized spacial score (nSPS) is 29.9. The largest absolute Gasteiger partial charge is 0.390 e. The number of halogens is 1. The van der Waals surface area contributed by atoms with Gasteiger partial charge in [-0.2, -0.15) is 0 Å². The van der Waals surface area contributed by atoms with Crippen molar-refractivity contribution in [2.24, 2.45) is 0 Å². The van der Waals surface area contributed by atoms with Crippen molar-refractivity contribution in [2.75, 3.05) is 13.1 Å². The number of rotatable bonds is 3. The van der Waals surface area contributed by atoms with E-state index in [-0.39, 0.29) is 29.8 Å². The molecule has 0 aromatic heterocycles. The van der Waals surface area contributed by atoms with Crippen LogP contribution in [0.15, 0.2) is 22.7 Å².